The number of carbonyl (C=O) groups is 1. The van der Waals surface area contributed by atoms with Gasteiger partial charge in [0.15, 0.2) is 0 Å². The maximum absolute atomic E-state index is 10.5. The number of rotatable bonds is 7. The van der Waals surface area contributed by atoms with Gasteiger partial charge in [-0.15, -0.1) is 0 Å². The Balaban J connectivity index is 0.000000200. The monoisotopic (exact) mass is 474 g/mol. The van der Waals surface area contributed by atoms with Crippen LogP contribution in [0.1, 0.15) is 59.9 Å². The van der Waals surface area contributed by atoms with E-state index in [1.165, 1.54) is 48.7 Å². The number of benzene rings is 1. The minimum atomic E-state index is 0.461. The van der Waals surface area contributed by atoms with E-state index in [-0.39, 0.29) is 0 Å². The van der Waals surface area contributed by atoms with Gasteiger partial charge in [0.25, 0.3) is 0 Å². The Morgan fingerprint density at radius 3 is 2.53 bits per heavy atom. The molecule has 0 unspecified atom stereocenters. The van der Waals surface area contributed by atoms with Crippen LogP contribution in [0.25, 0.3) is 5.65 Å². The molecule has 8 heteroatoms. The first-order valence-electron chi connectivity index (χ1n) is 11.6. The first-order chi connectivity index (χ1) is 16.6. The van der Waals surface area contributed by atoms with Crippen LogP contribution in [-0.2, 0) is 11.3 Å². The Morgan fingerprint density at radius 1 is 1.03 bits per heavy atom. The molecule has 0 radical (unpaired) electrons. The topological polar surface area (TPSA) is 84.2 Å². The molecular formula is C26H27ClN6O. The molecule has 3 heterocycles. The van der Waals surface area contributed by atoms with Crippen molar-refractivity contribution in [1.29, 1.82) is 0 Å². The summed E-state index contributed by atoms with van der Waals surface area (Å²) < 4.78 is 2.11. The van der Waals surface area contributed by atoms with Gasteiger partial charge in [0, 0.05) is 23.5 Å². The van der Waals surface area contributed by atoms with E-state index in [0.29, 0.717) is 24.6 Å². The second-order valence-electron chi connectivity index (χ2n) is 8.93. The molecule has 2 aliphatic carbocycles. The molecule has 4 aromatic rings. The van der Waals surface area contributed by atoms with Gasteiger partial charge in [0.05, 0.1) is 12.2 Å². The Kier molecular flexibility index (Phi) is 6.45. The molecule has 2 saturated carbocycles. The van der Waals surface area contributed by atoms with Crippen molar-refractivity contribution in [2.24, 2.45) is 0 Å². The van der Waals surface area contributed by atoms with Gasteiger partial charge in [-0.3, -0.25) is 4.79 Å². The van der Waals surface area contributed by atoms with Gasteiger partial charge in [-0.1, -0.05) is 29.8 Å². The normalized spacial score (nSPS) is 14.9. The van der Waals surface area contributed by atoms with Crippen LogP contribution in [0.15, 0.2) is 55.1 Å². The van der Waals surface area contributed by atoms with Crippen molar-refractivity contribution in [2.45, 2.75) is 51.0 Å². The summed E-state index contributed by atoms with van der Waals surface area (Å²) in [7, 11) is 0. The lowest BCUT2D eigenvalue weighted by Gasteiger charge is -2.04. The molecule has 3 aromatic heterocycles. The Bertz CT molecular complexity index is 1310. The first kappa shape index (κ1) is 22.3. The van der Waals surface area contributed by atoms with Crippen molar-refractivity contribution in [3.05, 3.63) is 82.5 Å². The van der Waals surface area contributed by atoms with E-state index in [0.717, 1.165) is 28.2 Å². The van der Waals surface area contributed by atoms with Crippen molar-refractivity contribution in [1.82, 2.24) is 19.4 Å². The van der Waals surface area contributed by atoms with Crippen LogP contribution in [0, 0.1) is 6.92 Å². The summed E-state index contributed by atoms with van der Waals surface area (Å²) in [4.78, 5) is 23.3. The average molecular weight is 475 g/mol. The molecular weight excluding hydrogens is 448 g/mol. The smallest absolute Gasteiger partial charge is 0.212 e. The van der Waals surface area contributed by atoms with Crippen LogP contribution >= 0.6 is 11.6 Å². The number of hydrogen-bond donors (Lipinski definition) is 2. The first-order valence-corrected chi connectivity index (χ1v) is 12.0. The second kappa shape index (κ2) is 9.81. The highest BCUT2D eigenvalue weighted by Crippen LogP contribution is 2.41. The lowest BCUT2D eigenvalue weighted by atomic mass is 10.1. The maximum atomic E-state index is 10.5. The van der Waals surface area contributed by atoms with E-state index in [4.69, 9.17) is 16.6 Å². The molecule has 2 N–H and O–H groups in total. The number of aryl methyl sites for hydroxylation is 1. The van der Waals surface area contributed by atoms with Gasteiger partial charge >= 0.3 is 0 Å². The summed E-state index contributed by atoms with van der Waals surface area (Å²) in [5.41, 5.74) is 5.94. The fraction of sp³-hybridized carbons (Fsp3) is 0.308. The van der Waals surface area contributed by atoms with E-state index in [1.807, 2.05) is 18.3 Å². The average Bonchev–Trinajstić information content (AvgIpc) is 3.75. The molecule has 7 nitrogen and oxygen atoms in total. The highest BCUT2D eigenvalue weighted by molar-refractivity contribution is 6.30. The number of fused-ring (bicyclic) bond motifs is 1. The Hall–Kier alpha value is -3.45. The van der Waals surface area contributed by atoms with E-state index in [1.54, 1.807) is 6.07 Å². The van der Waals surface area contributed by atoms with Crippen molar-refractivity contribution in [3.63, 3.8) is 0 Å². The molecule has 2 aliphatic rings. The molecule has 6 rings (SSSR count). The minimum Gasteiger partial charge on any atom is -0.364 e. The van der Waals surface area contributed by atoms with Crippen LogP contribution in [0.5, 0.6) is 0 Å². The second-order valence-corrected chi connectivity index (χ2v) is 9.36. The maximum Gasteiger partial charge on any atom is 0.212 e. The molecule has 0 saturated heterocycles. The van der Waals surface area contributed by atoms with E-state index >= 15 is 0 Å². The summed E-state index contributed by atoms with van der Waals surface area (Å²) in [6, 6.07) is 12.1. The zero-order valence-corrected chi connectivity index (χ0v) is 19.8. The predicted molar refractivity (Wildman–Crippen MR) is 134 cm³/mol. The number of nitrogens with one attached hydrogen (secondary N) is 2. The summed E-state index contributed by atoms with van der Waals surface area (Å²) in [6.45, 7) is 2.66. The summed E-state index contributed by atoms with van der Waals surface area (Å²) in [5.74, 6) is 2.64. The highest BCUT2D eigenvalue weighted by Gasteiger charge is 2.24. The quantitative estimate of drug-likeness (QED) is 0.335. The van der Waals surface area contributed by atoms with Gasteiger partial charge in [-0.05, 0) is 73.3 Å². The van der Waals surface area contributed by atoms with Crippen molar-refractivity contribution < 1.29 is 4.79 Å². The zero-order valence-electron chi connectivity index (χ0n) is 19.0. The fourth-order valence-corrected chi connectivity index (χ4v) is 4.22. The number of halogens is 1. The number of carbonyl (C=O) groups excluding carboxylic acids is 1. The van der Waals surface area contributed by atoms with Gasteiger partial charge in [0.1, 0.15) is 23.6 Å². The van der Waals surface area contributed by atoms with Gasteiger partial charge < -0.3 is 15.0 Å². The third kappa shape index (κ3) is 5.54. The Labute approximate surface area is 203 Å². The molecule has 174 valence electrons. The largest absolute Gasteiger partial charge is 0.364 e. The lowest BCUT2D eigenvalue weighted by Crippen LogP contribution is -2.04. The van der Waals surface area contributed by atoms with Gasteiger partial charge in [-0.2, -0.15) is 0 Å². The number of hydrogen-bond acceptors (Lipinski definition) is 5. The SMILES string of the molecule is Cc1cc(C2CC2)cn2cc(CNc3cc(NC=O)ncn3)nc12.Clc1cccc(C2CC2)c1. The third-order valence-electron chi connectivity index (χ3n) is 6.08. The molecule has 1 aromatic carbocycles. The van der Waals surface area contributed by atoms with Gasteiger partial charge in [0.2, 0.25) is 6.41 Å². The van der Waals surface area contributed by atoms with Crippen LogP contribution in [-0.4, -0.2) is 25.8 Å². The molecule has 0 bridgehead atoms. The predicted octanol–water partition coefficient (Wildman–Crippen LogP) is 5.71. The summed E-state index contributed by atoms with van der Waals surface area (Å²) in [6.07, 6.45) is 11.5. The standard InChI is InChI=1S/C17H18N6O.C9H9Cl/c1-11-4-13(12-2-3-12)7-23-8-14(22-17(11)23)6-18-15-5-16(21-10-24)20-9-19-15;10-9-3-1-2-8(6-9)7-4-5-7/h4-5,7-10,12H,2-3,6H2,1H3,(H2,18,19,20,21,24);1-3,6-7H,4-5H2. The summed E-state index contributed by atoms with van der Waals surface area (Å²) in [5, 5.41) is 6.58. The lowest BCUT2D eigenvalue weighted by molar-refractivity contribution is -0.105. The Morgan fingerprint density at radius 2 is 1.79 bits per heavy atom. The number of nitrogens with zero attached hydrogens (tertiary/aromatic N) is 4. The van der Waals surface area contributed by atoms with Crippen LogP contribution in [0.3, 0.4) is 0 Å². The molecule has 2 fully saturated rings. The van der Waals surface area contributed by atoms with Crippen LogP contribution in [0.4, 0.5) is 11.6 Å². The van der Waals surface area contributed by atoms with Crippen LogP contribution < -0.4 is 10.6 Å². The number of pyridine rings is 1. The van der Waals surface area contributed by atoms with Crippen molar-refractivity contribution in [3.8, 4) is 0 Å². The molecule has 1 amide bonds. The van der Waals surface area contributed by atoms with Crippen LogP contribution in [0.2, 0.25) is 5.02 Å². The third-order valence-corrected chi connectivity index (χ3v) is 6.31. The molecule has 34 heavy (non-hydrogen) atoms. The van der Waals surface area contributed by atoms with Crippen molar-refractivity contribution >= 4 is 35.3 Å². The zero-order chi connectivity index (χ0) is 23.5. The van der Waals surface area contributed by atoms with Crippen molar-refractivity contribution in [2.75, 3.05) is 10.6 Å². The number of anilines is 2. The van der Waals surface area contributed by atoms with Gasteiger partial charge in [-0.25, -0.2) is 15.0 Å². The number of aromatic nitrogens is 4. The molecule has 0 atom stereocenters. The number of amides is 1. The molecule has 0 aliphatic heterocycles. The fourth-order valence-electron chi connectivity index (χ4n) is 4.02. The summed E-state index contributed by atoms with van der Waals surface area (Å²) >= 11 is 5.82. The van der Waals surface area contributed by atoms with E-state index in [9.17, 15) is 4.79 Å². The molecule has 0 spiro atoms. The number of imidazole rings is 1. The van der Waals surface area contributed by atoms with E-state index in [2.05, 4.69) is 56.3 Å². The minimum absolute atomic E-state index is 0.461. The highest BCUT2D eigenvalue weighted by atomic mass is 35.5. The van der Waals surface area contributed by atoms with E-state index < -0.39 is 0 Å².